The number of benzene rings is 2. The summed E-state index contributed by atoms with van der Waals surface area (Å²) in [6.45, 7) is 9.61. The molecule has 1 heterocycles. The predicted octanol–water partition coefficient (Wildman–Crippen LogP) is 3.81. The van der Waals surface area contributed by atoms with Gasteiger partial charge in [0.25, 0.3) is 0 Å². The number of likely N-dealkylation sites (N-methyl/N-ethyl adjacent to an activating group) is 1. The van der Waals surface area contributed by atoms with Crippen LogP contribution < -0.4 is 24.4 Å². The molecular weight excluding hydrogens is 406 g/mol. The molecule has 1 amide bonds. The van der Waals surface area contributed by atoms with E-state index in [-0.39, 0.29) is 5.91 Å². The number of aryl methyl sites for hydroxylation is 1. The summed E-state index contributed by atoms with van der Waals surface area (Å²) in [6.07, 6.45) is 3.21. The van der Waals surface area contributed by atoms with Crippen LogP contribution in [0.5, 0.6) is 17.2 Å². The van der Waals surface area contributed by atoms with Crippen LogP contribution in [0.1, 0.15) is 18.1 Å². The number of nitrogens with zero attached hydrogens (tertiary/aromatic N) is 2. The van der Waals surface area contributed by atoms with Gasteiger partial charge in [-0.1, -0.05) is 6.92 Å². The van der Waals surface area contributed by atoms with Crippen molar-refractivity contribution in [2.45, 2.75) is 13.8 Å². The molecule has 1 aliphatic rings. The van der Waals surface area contributed by atoms with Crippen molar-refractivity contribution >= 4 is 23.4 Å². The monoisotopic (exact) mass is 439 g/mol. The Labute approximate surface area is 190 Å². The maximum Gasteiger partial charge on any atom is 0.248 e. The van der Waals surface area contributed by atoms with Crippen LogP contribution in [0.2, 0.25) is 0 Å². The molecule has 0 unspecified atom stereocenters. The van der Waals surface area contributed by atoms with Gasteiger partial charge in [0.05, 0.1) is 21.3 Å². The van der Waals surface area contributed by atoms with E-state index in [0.29, 0.717) is 17.2 Å². The number of nitrogens with one attached hydrogen (secondary N) is 1. The third-order valence-electron chi connectivity index (χ3n) is 5.74. The first-order valence-electron chi connectivity index (χ1n) is 10.9. The number of carbonyl (C=O) groups excluding carboxylic acids is 1. The lowest BCUT2D eigenvalue weighted by Gasteiger charge is -2.36. The molecule has 172 valence electrons. The van der Waals surface area contributed by atoms with Gasteiger partial charge in [-0.15, -0.1) is 0 Å². The SMILES string of the molecule is CCN1CCN(c2ccc(NC(=O)/C=C/c3cc(OC)c(OC)c(OC)c3)cc2C)CC1. The Bertz CT molecular complexity index is 941. The normalized spacial score (nSPS) is 14.5. The van der Waals surface area contributed by atoms with Gasteiger partial charge in [0.1, 0.15) is 0 Å². The molecule has 0 bridgehead atoms. The van der Waals surface area contributed by atoms with Crippen LogP contribution in [-0.4, -0.2) is 64.9 Å². The van der Waals surface area contributed by atoms with E-state index < -0.39 is 0 Å². The van der Waals surface area contributed by atoms with Crippen molar-refractivity contribution < 1.29 is 19.0 Å². The van der Waals surface area contributed by atoms with Crippen LogP contribution >= 0.6 is 0 Å². The largest absolute Gasteiger partial charge is 0.493 e. The third kappa shape index (κ3) is 5.53. The van der Waals surface area contributed by atoms with Crippen molar-refractivity contribution in [2.75, 3.05) is 64.3 Å². The summed E-state index contributed by atoms with van der Waals surface area (Å²) >= 11 is 0. The van der Waals surface area contributed by atoms with Gasteiger partial charge in [-0.2, -0.15) is 0 Å². The van der Waals surface area contributed by atoms with Crippen molar-refractivity contribution in [3.63, 3.8) is 0 Å². The van der Waals surface area contributed by atoms with Crippen LogP contribution in [0, 0.1) is 6.92 Å². The molecule has 3 rings (SSSR count). The number of rotatable bonds is 8. The van der Waals surface area contributed by atoms with Gasteiger partial charge in [-0.3, -0.25) is 4.79 Å². The highest BCUT2D eigenvalue weighted by molar-refractivity contribution is 6.02. The maximum atomic E-state index is 12.5. The number of amides is 1. The second kappa shape index (κ2) is 10.9. The minimum Gasteiger partial charge on any atom is -0.493 e. The van der Waals surface area contributed by atoms with Crippen LogP contribution in [0.4, 0.5) is 11.4 Å². The highest BCUT2D eigenvalue weighted by atomic mass is 16.5. The van der Waals surface area contributed by atoms with Crippen molar-refractivity contribution in [1.29, 1.82) is 0 Å². The number of ether oxygens (including phenoxy) is 3. The van der Waals surface area contributed by atoms with Gasteiger partial charge in [0.2, 0.25) is 11.7 Å². The van der Waals surface area contributed by atoms with E-state index in [9.17, 15) is 4.79 Å². The Morgan fingerprint density at radius 3 is 2.19 bits per heavy atom. The first kappa shape index (κ1) is 23.5. The molecule has 7 heteroatoms. The second-order valence-corrected chi connectivity index (χ2v) is 7.70. The molecule has 1 fully saturated rings. The van der Waals surface area contributed by atoms with E-state index in [0.717, 1.165) is 49.5 Å². The highest BCUT2D eigenvalue weighted by Gasteiger charge is 2.17. The second-order valence-electron chi connectivity index (χ2n) is 7.70. The molecule has 0 atom stereocenters. The molecule has 0 saturated carbocycles. The molecule has 7 nitrogen and oxygen atoms in total. The molecule has 2 aromatic carbocycles. The van der Waals surface area contributed by atoms with E-state index in [1.807, 2.05) is 12.1 Å². The zero-order valence-corrected chi connectivity index (χ0v) is 19.6. The minimum atomic E-state index is -0.206. The smallest absolute Gasteiger partial charge is 0.248 e. The van der Waals surface area contributed by atoms with E-state index in [1.165, 1.54) is 11.8 Å². The summed E-state index contributed by atoms with van der Waals surface area (Å²) in [5.74, 6) is 1.39. The Balaban J connectivity index is 1.66. The predicted molar refractivity (Wildman–Crippen MR) is 129 cm³/mol. The Morgan fingerprint density at radius 2 is 1.66 bits per heavy atom. The number of hydrogen-bond donors (Lipinski definition) is 1. The summed E-state index contributed by atoms with van der Waals surface area (Å²) in [7, 11) is 4.68. The highest BCUT2D eigenvalue weighted by Crippen LogP contribution is 2.38. The number of anilines is 2. The van der Waals surface area contributed by atoms with E-state index >= 15 is 0 Å². The first-order chi connectivity index (χ1) is 15.5. The standard InChI is InChI=1S/C25H33N3O4/c1-6-27-11-13-28(14-12-27)21-9-8-20(15-18(21)2)26-24(29)10-7-19-16-22(30-3)25(32-5)23(17-19)31-4/h7-10,15-17H,6,11-14H2,1-5H3,(H,26,29)/b10-7+. The lowest BCUT2D eigenvalue weighted by atomic mass is 10.1. The molecule has 1 N–H and O–H groups in total. The molecular formula is C25H33N3O4. The number of piperazine rings is 1. The quantitative estimate of drug-likeness (QED) is 0.631. The summed E-state index contributed by atoms with van der Waals surface area (Å²) in [6, 6.07) is 9.66. The molecule has 1 aliphatic heterocycles. The van der Waals surface area contributed by atoms with Crippen molar-refractivity contribution in [3.05, 3.63) is 47.5 Å². The van der Waals surface area contributed by atoms with Gasteiger partial charge in [0.15, 0.2) is 11.5 Å². The Kier molecular flexibility index (Phi) is 8.00. The van der Waals surface area contributed by atoms with E-state index in [2.05, 4.69) is 35.0 Å². The van der Waals surface area contributed by atoms with Crippen molar-refractivity contribution in [3.8, 4) is 17.2 Å². The lowest BCUT2D eigenvalue weighted by molar-refractivity contribution is -0.111. The number of carbonyl (C=O) groups is 1. The topological polar surface area (TPSA) is 63.3 Å². The molecule has 0 aliphatic carbocycles. The molecule has 32 heavy (non-hydrogen) atoms. The zero-order valence-electron chi connectivity index (χ0n) is 19.6. The zero-order chi connectivity index (χ0) is 23.1. The van der Waals surface area contributed by atoms with Crippen LogP contribution in [-0.2, 0) is 4.79 Å². The van der Waals surface area contributed by atoms with Gasteiger partial charge >= 0.3 is 0 Å². The van der Waals surface area contributed by atoms with Crippen LogP contribution in [0.15, 0.2) is 36.4 Å². The molecule has 0 radical (unpaired) electrons. The fourth-order valence-electron chi connectivity index (χ4n) is 3.95. The van der Waals surface area contributed by atoms with Crippen LogP contribution in [0.3, 0.4) is 0 Å². The van der Waals surface area contributed by atoms with Gasteiger partial charge in [-0.05, 0) is 61.0 Å². The fourth-order valence-corrected chi connectivity index (χ4v) is 3.95. The summed E-state index contributed by atoms with van der Waals surface area (Å²) in [4.78, 5) is 17.4. The Hall–Kier alpha value is -3.19. The van der Waals surface area contributed by atoms with Crippen LogP contribution in [0.25, 0.3) is 6.08 Å². The molecule has 1 saturated heterocycles. The van der Waals surface area contributed by atoms with Crippen molar-refractivity contribution in [2.24, 2.45) is 0 Å². The van der Waals surface area contributed by atoms with Crippen molar-refractivity contribution in [1.82, 2.24) is 4.90 Å². The first-order valence-corrected chi connectivity index (χ1v) is 10.9. The van der Waals surface area contributed by atoms with Gasteiger partial charge < -0.3 is 29.3 Å². The minimum absolute atomic E-state index is 0.206. The maximum absolute atomic E-state index is 12.5. The van der Waals surface area contributed by atoms with E-state index in [4.69, 9.17) is 14.2 Å². The number of methoxy groups -OCH3 is 3. The summed E-state index contributed by atoms with van der Waals surface area (Å²) in [5.41, 5.74) is 3.93. The average Bonchev–Trinajstić information content (AvgIpc) is 2.82. The van der Waals surface area contributed by atoms with E-state index in [1.54, 1.807) is 39.5 Å². The average molecular weight is 440 g/mol. The van der Waals surface area contributed by atoms with Gasteiger partial charge in [-0.25, -0.2) is 0 Å². The Morgan fingerprint density at radius 1 is 1.00 bits per heavy atom. The fraction of sp³-hybridized carbons (Fsp3) is 0.400. The molecule has 0 aromatic heterocycles. The lowest BCUT2D eigenvalue weighted by Crippen LogP contribution is -2.46. The number of hydrogen-bond acceptors (Lipinski definition) is 6. The summed E-state index contributed by atoms with van der Waals surface area (Å²) < 4.78 is 16.1. The summed E-state index contributed by atoms with van der Waals surface area (Å²) in [5, 5.41) is 2.94. The molecule has 2 aromatic rings. The molecule has 0 spiro atoms. The third-order valence-corrected chi connectivity index (χ3v) is 5.74. The van der Waals surface area contributed by atoms with Gasteiger partial charge in [0, 0.05) is 43.6 Å².